The highest BCUT2D eigenvalue weighted by atomic mass is 19.1. The fourth-order valence-electron chi connectivity index (χ4n) is 1.24. The number of carbonyl (C=O) groups is 1. The first-order valence-electron chi connectivity index (χ1n) is 4.32. The molecule has 0 spiro atoms. The lowest BCUT2D eigenvalue weighted by atomic mass is 10.0. The van der Waals surface area contributed by atoms with Crippen LogP contribution in [0.15, 0.2) is 24.3 Å². The largest absolute Gasteiger partial charge is 0.300 e. The Morgan fingerprint density at radius 2 is 2.23 bits per heavy atom. The summed E-state index contributed by atoms with van der Waals surface area (Å²) < 4.78 is 12.9. The van der Waals surface area contributed by atoms with E-state index in [2.05, 4.69) is 0 Å². The molecule has 0 bridgehead atoms. The summed E-state index contributed by atoms with van der Waals surface area (Å²) in [6, 6.07) is 7.09. The topological polar surface area (TPSA) is 17.1 Å². The van der Waals surface area contributed by atoms with Gasteiger partial charge >= 0.3 is 0 Å². The van der Waals surface area contributed by atoms with Gasteiger partial charge in [-0.05, 0) is 25.0 Å². The molecule has 0 aliphatic carbocycles. The second-order valence-corrected chi connectivity index (χ2v) is 3.24. The number of rotatable bonds is 3. The molecule has 1 unspecified atom stereocenters. The van der Waals surface area contributed by atoms with Crippen LogP contribution >= 0.6 is 0 Å². The van der Waals surface area contributed by atoms with E-state index < -0.39 is 6.17 Å². The summed E-state index contributed by atoms with van der Waals surface area (Å²) in [5.41, 5.74) is 1.52. The Balaban J connectivity index is 2.85. The maximum atomic E-state index is 12.9. The van der Waals surface area contributed by atoms with Gasteiger partial charge in [0.25, 0.3) is 0 Å². The summed E-state index contributed by atoms with van der Waals surface area (Å²) in [6.07, 6.45) is -0.576. The lowest BCUT2D eigenvalue weighted by Gasteiger charge is -2.04. The van der Waals surface area contributed by atoms with Crippen molar-refractivity contribution < 1.29 is 9.18 Å². The standard InChI is InChI=1S/C11H13FO/c1-8(13)6-10-4-3-5-11(7-10)9(2)12/h3-5,7,9H,6H2,1-2H3. The summed E-state index contributed by atoms with van der Waals surface area (Å²) in [5, 5.41) is 0. The third-order valence-corrected chi connectivity index (χ3v) is 1.86. The lowest BCUT2D eigenvalue weighted by molar-refractivity contribution is -0.116. The number of hydrogen-bond donors (Lipinski definition) is 0. The molecule has 1 atom stereocenters. The first kappa shape index (κ1) is 9.90. The highest BCUT2D eigenvalue weighted by molar-refractivity contribution is 5.78. The molecule has 0 aliphatic rings. The van der Waals surface area contributed by atoms with Crippen molar-refractivity contribution in [1.82, 2.24) is 0 Å². The maximum Gasteiger partial charge on any atom is 0.134 e. The predicted octanol–water partition coefficient (Wildman–Crippen LogP) is 2.85. The monoisotopic (exact) mass is 180 g/mol. The highest BCUT2D eigenvalue weighted by Crippen LogP contribution is 2.17. The maximum absolute atomic E-state index is 12.9. The second kappa shape index (κ2) is 4.17. The first-order valence-corrected chi connectivity index (χ1v) is 4.32. The quantitative estimate of drug-likeness (QED) is 0.699. The Morgan fingerprint density at radius 3 is 2.77 bits per heavy atom. The summed E-state index contributed by atoms with van der Waals surface area (Å²) >= 11 is 0. The van der Waals surface area contributed by atoms with Crippen molar-refractivity contribution in [3.8, 4) is 0 Å². The van der Waals surface area contributed by atoms with Gasteiger partial charge in [-0.2, -0.15) is 0 Å². The van der Waals surface area contributed by atoms with Gasteiger partial charge in [0.15, 0.2) is 0 Å². The van der Waals surface area contributed by atoms with Crippen LogP contribution in [0, 0.1) is 0 Å². The number of carbonyl (C=O) groups excluding carboxylic acids is 1. The number of alkyl halides is 1. The summed E-state index contributed by atoms with van der Waals surface area (Å²) in [5.74, 6) is 0.101. The molecule has 0 saturated heterocycles. The van der Waals surface area contributed by atoms with Gasteiger partial charge in [0.05, 0.1) is 0 Å². The number of hydrogen-bond acceptors (Lipinski definition) is 1. The number of benzene rings is 1. The predicted molar refractivity (Wildman–Crippen MR) is 50.4 cm³/mol. The number of ketones is 1. The molecule has 0 heterocycles. The lowest BCUT2D eigenvalue weighted by Crippen LogP contribution is -1.97. The normalized spacial score (nSPS) is 12.5. The van der Waals surface area contributed by atoms with Crippen LogP contribution in [0.3, 0.4) is 0 Å². The van der Waals surface area contributed by atoms with E-state index in [1.807, 2.05) is 6.07 Å². The molecular formula is C11H13FO. The van der Waals surface area contributed by atoms with E-state index in [-0.39, 0.29) is 5.78 Å². The van der Waals surface area contributed by atoms with Crippen molar-refractivity contribution in [2.75, 3.05) is 0 Å². The van der Waals surface area contributed by atoms with Crippen molar-refractivity contribution >= 4 is 5.78 Å². The first-order chi connectivity index (χ1) is 6.09. The van der Waals surface area contributed by atoms with Crippen molar-refractivity contribution in [3.63, 3.8) is 0 Å². The number of halogens is 1. The van der Waals surface area contributed by atoms with Crippen molar-refractivity contribution in [3.05, 3.63) is 35.4 Å². The molecule has 1 rings (SSSR count). The van der Waals surface area contributed by atoms with Gasteiger partial charge < -0.3 is 0 Å². The van der Waals surface area contributed by atoms with Crippen LogP contribution in [0.5, 0.6) is 0 Å². The Labute approximate surface area is 77.6 Å². The van der Waals surface area contributed by atoms with E-state index in [1.54, 1.807) is 18.2 Å². The van der Waals surface area contributed by atoms with E-state index in [1.165, 1.54) is 13.8 Å². The van der Waals surface area contributed by atoms with E-state index in [0.717, 1.165) is 5.56 Å². The van der Waals surface area contributed by atoms with Crippen LogP contribution in [-0.4, -0.2) is 5.78 Å². The molecule has 70 valence electrons. The van der Waals surface area contributed by atoms with Crippen molar-refractivity contribution in [2.45, 2.75) is 26.4 Å². The Hall–Kier alpha value is -1.18. The Bertz CT molecular complexity index is 305. The van der Waals surface area contributed by atoms with Crippen LogP contribution in [0.2, 0.25) is 0 Å². The zero-order valence-corrected chi connectivity index (χ0v) is 7.88. The molecule has 1 aromatic carbocycles. The minimum absolute atomic E-state index is 0.101. The van der Waals surface area contributed by atoms with Gasteiger partial charge in [0.2, 0.25) is 0 Å². The molecule has 1 nitrogen and oxygen atoms in total. The molecule has 1 aromatic rings. The molecule has 0 saturated carbocycles. The average molecular weight is 180 g/mol. The van der Waals surface area contributed by atoms with Crippen LogP contribution in [0.4, 0.5) is 4.39 Å². The van der Waals surface area contributed by atoms with E-state index in [4.69, 9.17) is 0 Å². The SMILES string of the molecule is CC(=O)Cc1cccc(C(C)F)c1. The van der Waals surface area contributed by atoms with Crippen LogP contribution in [-0.2, 0) is 11.2 Å². The van der Waals surface area contributed by atoms with Crippen LogP contribution in [0.25, 0.3) is 0 Å². The third kappa shape index (κ3) is 2.98. The average Bonchev–Trinajstić information content (AvgIpc) is 2.03. The van der Waals surface area contributed by atoms with Gasteiger partial charge in [-0.25, -0.2) is 4.39 Å². The smallest absolute Gasteiger partial charge is 0.134 e. The van der Waals surface area contributed by atoms with Crippen molar-refractivity contribution in [2.24, 2.45) is 0 Å². The van der Waals surface area contributed by atoms with E-state index in [9.17, 15) is 9.18 Å². The van der Waals surface area contributed by atoms with E-state index >= 15 is 0 Å². The minimum Gasteiger partial charge on any atom is -0.300 e. The number of Topliss-reactive ketones (excluding diaryl/α,β-unsaturated/α-hetero) is 1. The van der Waals surface area contributed by atoms with Gasteiger partial charge in [-0.15, -0.1) is 0 Å². The summed E-state index contributed by atoms with van der Waals surface area (Å²) in [6.45, 7) is 3.03. The van der Waals surface area contributed by atoms with Crippen LogP contribution < -0.4 is 0 Å². The molecular weight excluding hydrogens is 167 g/mol. The molecule has 2 heteroatoms. The van der Waals surface area contributed by atoms with E-state index in [0.29, 0.717) is 12.0 Å². The fraction of sp³-hybridized carbons (Fsp3) is 0.364. The van der Waals surface area contributed by atoms with Crippen molar-refractivity contribution in [1.29, 1.82) is 0 Å². The molecule has 0 aliphatic heterocycles. The zero-order chi connectivity index (χ0) is 9.84. The third-order valence-electron chi connectivity index (χ3n) is 1.86. The highest BCUT2D eigenvalue weighted by Gasteiger charge is 2.04. The summed E-state index contributed by atoms with van der Waals surface area (Å²) in [7, 11) is 0. The fourth-order valence-corrected chi connectivity index (χ4v) is 1.24. The van der Waals surface area contributed by atoms with Crippen LogP contribution in [0.1, 0.15) is 31.1 Å². The molecule has 0 fully saturated rings. The molecule has 0 N–H and O–H groups in total. The second-order valence-electron chi connectivity index (χ2n) is 3.24. The Morgan fingerprint density at radius 1 is 1.54 bits per heavy atom. The molecule has 13 heavy (non-hydrogen) atoms. The van der Waals surface area contributed by atoms with Gasteiger partial charge in [0.1, 0.15) is 12.0 Å². The molecule has 0 amide bonds. The molecule has 0 aromatic heterocycles. The van der Waals surface area contributed by atoms with Gasteiger partial charge in [-0.3, -0.25) is 4.79 Å². The zero-order valence-electron chi connectivity index (χ0n) is 7.88. The van der Waals surface area contributed by atoms with Gasteiger partial charge in [0, 0.05) is 6.42 Å². The summed E-state index contributed by atoms with van der Waals surface area (Å²) in [4.78, 5) is 10.8. The van der Waals surface area contributed by atoms with Gasteiger partial charge in [-0.1, -0.05) is 24.3 Å². The Kier molecular flexibility index (Phi) is 3.18. The molecule has 0 radical (unpaired) electrons. The minimum atomic E-state index is -0.966.